The van der Waals surface area contributed by atoms with Gasteiger partial charge < -0.3 is 15.6 Å². The third-order valence-corrected chi connectivity index (χ3v) is 5.68. The maximum absolute atomic E-state index is 12.1. The number of hydrogen-bond acceptors (Lipinski definition) is 4. The van der Waals surface area contributed by atoms with Gasteiger partial charge in [-0.1, -0.05) is 23.7 Å². The lowest BCUT2D eigenvalue weighted by molar-refractivity contribution is -0.117. The Bertz CT molecular complexity index is 538. The van der Waals surface area contributed by atoms with Crippen molar-refractivity contribution < 1.29 is 9.00 Å². The Hall–Kier alpha value is -0.950. The molecule has 0 saturated carbocycles. The van der Waals surface area contributed by atoms with E-state index in [1.807, 2.05) is 31.3 Å². The van der Waals surface area contributed by atoms with E-state index in [9.17, 15) is 14.2 Å². The molecule has 0 radical (unpaired) electrons. The average molecular weight is 344 g/mol. The molecule has 1 heterocycles. The van der Waals surface area contributed by atoms with Crippen LogP contribution in [0.3, 0.4) is 0 Å². The fraction of sp³-hybridized carbons (Fsp3) is 0.533. The summed E-state index contributed by atoms with van der Waals surface area (Å²) in [6, 6.07) is 7.76. The number of hydrogen-bond donors (Lipinski definition) is 1. The summed E-state index contributed by atoms with van der Waals surface area (Å²) in [5.74, 6) is -0.0271. The first-order valence-electron chi connectivity index (χ1n) is 7.19. The monoisotopic (exact) mass is 343 g/mol. The minimum atomic E-state index is -1.33. The van der Waals surface area contributed by atoms with Crippen LogP contribution in [0.15, 0.2) is 24.3 Å². The Kier molecular flexibility index (Phi) is 6.37. The van der Waals surface area contributed by atoms with Gasteiger partial charge in [-0.05, 0) is 49.5 Å². The van der Waals surface area contributed by atoms with E-state index in [0.717, 1.165) is 19.5 Å². The Balaban J connectivity index is 2.08. The van der Waals surface area contributed by atoms with Gasteiger partial charge in [-0.3, -0.25) is 9.00 Å². The number of halogens is 1. The molecule has 1 aliphatic heterocycles. The lowest BCUT2D eigenvalue weighted by Gasteiger charge is -2.37. The zero-order valence-electron chi connectivity index (χ0n) is 12.5. The van der Waals surface area contributed by atoms with Crippen LogP contribution in [0.5, 0.6) is 0 Å². The summed E-state index contributed by atoms with van der Waals surface area (Å²) in [4.78, 5) is 13.3. The molecule has 1 aromatic carbocycles. The predicted octanol–water partition coefficient (Wildman–Crippen LogP) is 1.74. The number of likely N-dealkylation sites (tertiary alicyclic amines) is 1. The number of nitrogens with zero attached hydrogens (tertiary/aromatic N) is 1. The molecule has 1 aliphatic rings. The maximum Gasteiger partial charge on any atom is 0.222 e. The number of nitrogens with one attached hydrogen (secondary N) is 1. The molecule has 1 saturated heterocycles. The summed E-state index contributed by atoms with van der Waals surface area (Å²) in [7, 11) is 0.714. The fourth-order valence-corrected chi connectivity index (χ4v) is 4.42. The number of piperidine rings is 1. The van der Waals surface area contributed by atoms with Gasteiger partial charge in [0, 0.05) is 28.1 Å². The molecule has 0 spiro atoms. The fourth-order valence-electron chi connectivity index (χ4n) is 3.01. The number of benzene rings is 1. The van der Waals surface area contributed by atoms with Crippen molar-refractivity contribution in [1.82, 2.24) is 10.4 Å². The van der Waals surface area contributed by atoms with E-state index in [1.54, 1.807) is 0 Å². The molecule has 1 N–H and O–H groups in total. The van der Waals surface area contributed by atoms with Crippen molar-refractivity contribution in [1.29, 1.82) is 0 Å². The van der Waals surface area contributed by atoms with Gasteiger partial charge in [-0.15, -0.1) is 0 Å². The van der Waals surface area contributed by atoms with Crippen LogP contribution in [0, 0.1) is 11.1 Å². The van der Waals surface area contributed by atoms with Crippen molar-refractivity contribution in [3.05, 3.63) is 40.1 Å². The van der Waals surface area contributed by atoms with Crippen molar-refractivity contribution in [3.63, 3.8) is 0 Å². The van der Waals surface area contributed by atoms with E-state index in [4.69, 9.17) is 11.6 Å². The largest absolute Gasteiger partial charge is 0.759 e. The van der Waals surface area contributed by atoms with Crippen LogP contribution >= 0.6 is 11.6 Å². The van der Waals surface area contributed by atoms with E-state index in [1.165, 1.54) is 11.0 Å². The van der Waals surface area contributed by atoms with Crippen LogP contribution in [0.1, 0.15) is 17.9 Å². The molecular weight excluding hydrogens is 324 g/mol. The molecule has 22 heavy (non-hydrogen) atoms. The summed E-state index contributed by atoms with van der Waals surface area (Å²) in [6.45, 7) is 1.81. The first kappa shape index (κ1) is 17.4. The minimum Gasteiger partial charge on any atom is -0.759 e. The molecule has 7 heteroatoms. The normalized spacial score (nSPS) is 24.0. The van der Waals surface area contributed by atoms with E-state index < -0.39 is 16.7 Å². The third kappa shape index (κ3) is 4.78. The van der Waals surface area contributed by atoms with Crippen LogP contribution in [0.2, 0.25) is 5.02 Å². The van der Waals surface area contributed by atoms with E-state index in [2.05, 4.69) is 4.90 Å². The Morgan fingerprint density at radius 1 is 1.45 bits per heavy atom. The van der Waals surface area contributed by atoms with Crippen LogP contribution in [0.25, 0.3) is 0 Å². The molecule has 5 nitrogen and oxygen atoms in total. The van der Waals surface area contributed by atoms with Gasteiger partial charge >= 0.3 is 0 Å². The molecule has 3 atom stereocenters. The summed E-state index contributed by atoms with van der Waals surface area (Å²) in [6.07, 6.45) is 0.980. The summed E-state index contributed by atoms with van der Waals surface area (Å²) in [5, 5.41) is 11.0. The van der Waals surface area contributed by atoms with E-state index in [-0.39, 0.29) is 11.7 Å². The standard InChI is InChI=1S/C15H20ClN2O3S/c1-18-7-6-14(11-2-4-13(16)5-3-11)12(8-18)9-22(21)10-15(19)17-20/h2-5,12,14H,6-10H2,1H3,(H-,17,19,20)/q-1/t12-,14-,22?/m1/s1. The highest BCUT2D eigenvalue weighted by Gasteiger charge is 2.30. The lowest BCUT2D eigenvalue weighted by Crippen LogP contribution is -2.40. The number of carbonyl (C=O) groups excluding carboxylic acids is 1. The van der Waals surface area contributed by atoms with Gasteiger partial charge in [0.15, 0.2) is 0 Å². The molecule has 2 rings (SSSR count). The van der Waals surface area contributed by atoms with Crippen molar-refractivity contribution in [3.8, 4) is 0 Å². The second-order valence-corrected chi connectivity index (χ2v) is 7.68. The van der Waals surface area contributed by atoms with E-state index in [0.29, 0.717) is 16.7 Å². The second-order valence-electron chi connectivity index (χ2n) is 5.75. The molecule has 122 valence electrons. The van der Waals surface area contributed by atoms with Crippen molar-refractivity contribution in [2.75, 3.05) is 31.6 Å². The molecular formula is C15H20ClN2O3S-. The van der Waals surface area contributed by atoms with Gasteiger partial charge in [0.1, 0.15) is 5.75 Å². The molecule has 1 aromatic rings. The highest BCUT2D eigenvalue weighted by molar-refractivity contribution is 7.85. The van der Waals surface area contributed by atoms with Crippen LogP contribution in [-0.2, 0) is 15.6 Å². The zero-order chi connectivity index (χ0) is 16.1. The quantitative estimate of drug-likeness (QED) is 0.826. The van der Waals surface area contributed by atoms with Crippen molar-refractivity contribution in [2.45, 2.75) is 12.3 Å². The topological polar surface area (TPSA) is 72.5 Å². The molecule has 0 bridgehead atoms. The first-order chi connectivity index (χ1) is 10.5. The third-order valence-electron chi connectivity index (χ3n) is 4.04. The number of hydroxylamine groups is 1. The number of carbonyl (C=O) groups is 1. The number of rotatable bonds is 5. The molecule has 0 aromatic heterocycles. The molecule has 1 unspecified atom stereocenters. The summed E-state index contributed by atoms with van der Waals surface area (Å²) in [5.41, 5.74) is 2.47. The highest BCUT2D eigenvalue weighted by atomic mass is 35.5. The molecule has 1 fully saturated rings. The lowest BCUT2D eigenvalue weighted by atomic mass is 9.81. The van der Waals surface area contributed by atoms with Gasteiger partial charge in [-0.25, -0.2) is 0 Å². The Labute approximate surface area is 138 Å². The maximum atomic E-state index is 12.1. The van der Waals surface area contributed by atoms with Gasteiger partial charge in [0.25, 0.3) is 0 Å². The van der Waals surface area contributed by atoms with E-state index >= 15 is 0 Å². The summed E-state index contributed by atoms with van der Waals surface area (Å²) < 4.78 is 12.1. The molecule has 0 aliphatic carbocycles. The smallest absolute Gasteiger partial charge is 0.222 e. The second kappa shape index (κ2) is 8.06. The van der Waals surface area contributed by atoms with Crippen LogP contribution in [-0.4, -0.2) is 46.7 Å². The van der Waals surface area contributed by atoms with Gasteiger partial charge in [0.05, 0.1) is 0 Å². The first-order valence-corrected chi connectivity index (χ1v) is 9.06. The average Bonchev–Trinajstić information content (AvgIpc) is 2.48. The Morgan fingerprint density at radius 2 is 2.14 bits per heavy atom. The summed E-state index contributed by atoms with van der Waals surface area (Å²) >= 11 is 5.94. The van der Waals surface area contributed by atoms with Gasteiger partial charge in [0.2, 0.25) is 5.91 Å². The van der Waals surface area contributed by atoms with Crippen molar-refractivity contribution in [2.24, 2.45) is 5.92 Å². The van der Waals surface area contributed by atoms with Crippen LogP contribution < -0.4 is 5.48 Å². The minimum absolute atomic E-state index is 0.195. The van der Waals surface area contributed by atoms with Gasteiger partial charge in [-0.2, -0.15) is 0 Å². The number of amides is 1. The van der Waals surface area contributed by atoms with Crippen molar-refractivity contribution >= 4 is 28.3 Å². The zero-order valence-corrected chi connectivity index (χ0v) is 14.0. The SMILES string of the molecule is CN1CC[C@H](c2ccc(Cl)cc2)[C@@H](CS(=O)CC(=O)N[O-])C1. The molecule has 1 amide bonds. The predicted molar refractivity (Wildman–Crippen MR) is 89.2 cm³/mol. The highest BCUT2D eigenvalue weighted by Crippen LogP contribution is 2.33. The Morgan fingerprint density at radius 3 is 2.77 bits per heavy atom. The van der Waals surface area contributed by atoms with Crippen LogP contribution in [0.4, 0.5) is 0 Å².